The summed E-state index contributed by atoms with van der Waals surface area (Å²) in [6.07, 6.45) is 26.8. The van der Waals surface area contributed by atoms with Gasteiger partial charge in [0.2, 0.25) is 0 Å². The van der Waals surface area contributed by atoms with Gasteiger partial charge in [-0.25, -0.2) is 4.98 Å². The molecule has 3 rings (SSSR count). The van der Waals surface area contributed by atoms with Gasteiger partial charge >= 0.3 is 0 Å². The number of hydrogen-bond acceptors (Lipinski definition) is 2. The van der Waals surface area contributed by atoms with Crippen LogP contribution in [0.25, 0.3) is 17.3 Å². The molecule has 0 saturated carbocycles. The van der Waals surface area contributed by atoms with E-state index in [1.165, 1.54) is 59.9 Å². The van der Waals surface area contributed by atoms with Gasteiger partial charge in [-0.2, -0.15) is 0 Å². The lowest BCUT2D eigenvalue weighted by atomic mass is 10.0. The van der Waals surface area contributed by atoms with Crippen LogP contribution in [-0.4, -0.2) is 15.7 Å². The van der Waals surface area contributed by atoms with Crippen LogP contribution >= 0.6 is 0 Å². The maximum absolute atomic E-state index is 4.63. The number of H-pyrrole nitrogens is 1. The van der Waals surface area contributed by atoms with E-state index in [1.54, 1.807) is 6.08 Å². The molecule has 202 valence electrons. The minimum absolute atomic E-state index is 0. The zero-order valence-electron chi connectivity index (χ0n) is 23.8. The van der Waals surface area contributed by atoms with Crippen molar-refractivity contribution in [1.29, 1.82) is 0 Å². The summed E-state index contributed by atoms with van der Waals surface area (Å²) in [5.74, 6) is 1.08. The van der Waals surface area contributed by atoms with Gasteiger partial charge in [0.15, 0.2) is 0 Å². The van der Waals surface area contributed by atoms with Crippen molar-refractivity contribution >= 4 is 11.8 Å². The fourth-order valence-electron chi connectivity index (χ4n) is 4.09. The Hall–Kier alpha value is -3.20. The van der Waals surface area contributed by atoms with Crippen LogP contribution < -0.4 is 0 Å². The van der Waals surface area contributed by atoms with Gasteiger partial charge in [0.1, 0.15) is 5.82 Å². The molecule has 1 aromatic carbocycles. The zero-order chi connectivity index (χ0) is 26.9. The molecule has 1 heterocycles. The van der Waals surface area contributed by atoms with Crippen molar-refractivity contribution in [3.8, 4) is 11.3 Å². The summed E-state index contributed by atoms with van der Waals surface area (Å²) in [5.41, 5.74) is 8.74. The van der Waals surface area contributed by atoms with Crippen LogP contribution in [0, 0.1) is 0 Å². The van der Waals surface area contributed by atoms with Crippen molar-refractivity contribution in [3.05, 3.63) is 95.7 Å². The molecule has 1 aromatic heterocycles. The smallest absolute Gasteiger partial charge is 0.106 e. The normalized spacial score (nSPS) is 13.6. The fourth-order valence-corrected chi connectivity index (χ4v) is 4.09. The Balaban J connectivity index is 0.00000225. The van der Waals surface area contributed by atoms with E-state index in [4.69, 9.17) is 0 Å². The van der Waals surface area contributed by atoms with E-state index in [0.717, 1.165) is 42.9 Å². The molecule has 0 bridgehead atoms. The number of aryl methyl sites for hydroxylation is 1. The van der Waals surface area contributed by atoms with Crippen molar-refractivity contribution in [3.63, 3.8) is 0 Å². The van der Waals surface area contributed by atoms with Crippen LogP contribution in [0.1, 0.15) is 99.4 Å². The van der Waals surface area contributed by atoms with E-state index in [-0.39, 0.29) is 2.85 Å². The molecule has 0 fully saturated rings. The molecular formula is C34H51N3. The van der Waals surface area contributed by atoms with Crippen LogP contribution in [0.3, 0.4) is 0 Å². The van der Waals surface area contributed by atoms with Crippen LogP contribution in [-0.2, 0) is 12.8 Å². The quantitative estimate of drug-likeness (QED) is 0.175. The number of fused-ring (bicyclic) bond motifs is 1. The summed E-state index contributed by atoms with van der Waals surface area (Å²) in [7, 11) is 0. The van der Waals surface area contributed by atoms with E-state index >= 15 is 0 Å². The third-order valence-corrected chi connectivity index (χ3v) is 6.67. The predicted octanol–water partition coefficient (Wildman–Crippen LogP) is 10.5. The van der Waals surface area contributed by atoms with E-state index in [1.807, 2.05) is 18.5 Å². The molecule has 0 amide bonds. The molecule has 0 unspecified atom stereocenters. The molecule has 0 atom stereocenters. The largest absolute Gasteiger partial charge is 0.342 e. The molecule has 0 radical (unpaired) electrons. The monoisotopic (exact) mass is 501 g/mol. The van der Waals surface area contributed by atoms with Gasteiger partial charge in [0.05, 0.1) is 11.9 Å². The highest BCUT2D eigenvalue weighted by Crippen LogP contribution is 2.25. The maximum atomic E-state index is 4.63. The second-order valence-corrected chi connectivity index (χ2v) is 9.66. The van der Waals surface area contributed by atoms with Crippen molar-refractivity contribution in [2.24, 2.45) is 4.99 Å². The maximum Gasteiger partial charge on any atom is 0.106 e. The standard InChI is InChI=1S/C30H37N3.C4H10.2H2/c1-5-7-20-31-24(4)25(6-2)12-10-8-9-11-13-30-32-22-29(33-30)28-19-18-26-16-14-23(3)15-17-27(26)21-28;1-3-4-2;;/h5-7,14-15,17-22H,1,8-13,16H2,2-4H3,(H,32,33);3-4H2,1-2H3;2*1H/b20-7-,25-6-,31-24-;;;. The lowest BCUT2D eigenvalue weighted by molar-refractivity contribution is 0.634. The lowest BCUT2D eigenvalue weighted by Gasteiger charge is -2.06. The van der Waals surface area contributed by atoms with Crippen molar-refractivity contribution in [1.82, 2.24) is 9.97 Å². The highest BCUT2D eigenvalue weighted by Gasteiger charge is 2.08. The molecule has 37 heavy (non-hydrogen) atoms. The van der Waals surface area contributed by atoms with E-state index in [9.17, 15) is 0 Å². The second kappa shape index (κ2) is 17.3. The first-order chi connectivity index (χ1) is 18.0. The first kappa shape index (κ1) is 30.0. The average molecular weight is 502 g/mol. The Labute approximate surface area is 228 Å². The third kappa shape index (κ3) is 10.8. The number of rotatable bonds is 12. The summed E-state index contributed by atoms with van der Waals surface area (Å²) >= 11 is 0. The van der Waals surface area contributed by atoms with Gasteiger partial charge in [-0.15, -0.1) is 0 Å². The van der Waals surface area contributed by atoms with Gasteiger partial charge in [-0.3, -0.25) is 4.99 Å². The number of benzene rings is 1. The lowest BCUT2D eigenvalue weighted by Crippen LogP contribution is -1.97. The van der Waals surface area contributed by atoms with Gasteiger partial charge in [-0.1, -0.05) is 94.2 Å². The molecule has 1 aliphatic rings. The Kier molecular flexibility index (Phi) is 14.0. The number of aromatic amines is 1. The first-order valence-electron chi connectivity index (χ1n) is 14.0. The number of unbranched alkanes of at least 4 members (excludes halogenated alkanes) is 4. The zero-order valence-corrected chi connectivity index (χ0v) is 23.8. The van der Waals surface area contributed by atoms with Gasteiger partial charge < -0.3 is 4.98 Å². The molecule has 1 aliphatic carbocycles. The number of hydrogen-bond donors (Lipinski definition) is 1. The minimum atomic E-state index is 0. The Morgan fingerprint density at radius 3 is 2.65 bits per heavy atom. The number of aromatic nitrogens is 2. The number of imidazole rings is 1. The molecule has 1 N–H and O–H groups in total. The fraction of sp³-hybridized carbons (Fsp3) is 0.412. The predicted molar refractivity (Wildman–Crippen MR) is 168 cm³/mol. The van der Waals surface area contributed by atoms with Crippen LogP contribution in [0.15, 0.2) is 83.7 Å². The van der Waals surface area contributed by atoms with Crippen LogP contribution in [0.2, 0.25) is 0 Å². The Morgan fingerprint density at radius 1 is 1.14 bits per heavy atom. The second-order valence-electron chi connectivity index (χ2n) is 9.66. The van der Waals surface area contributed by atoms with Crippen molar-refractivity contribution < 1.29 is 2.85 Å². The molecule has 2 aromatic rings. The van der Waals surface area contributed by atoms with Crippen LogP contribution in [0.4, 0.5) is 0 Å². The molecule has 3 heteroatoms. The van der Waals surface area contributed by atoms with Crippen LogP contribution in [0.5, 0.6) is 0 Å². The number of nitrogens with one attached hydrogen (secondary N) is 1. The summed E-state index contributed by atoms with van der Waals surface area (Å²) < 4.78 is 0. The highest BCUT2D eigenvalue weighted by molar-refractivity contribution is 5.98. The number of aliphatic imine (C=N–C) groups is 1. The number of allylic oxidation sites excluding steroid dienone is 7. The van der Waals surface area contributed by atoms with E-state index in [0.29, 0.717) is 0 Å². The molecule has 3 nitrogen and oxygen atoms in total. The minimum Gasteiger partial charge on any atom is -0.342 e. The molecule has 0 aliphatic heterocycles. The topological polar surface area (TPSA) is 41.0 Å². The van der Waals surface area contributed by atoms with Crippen molar-refractivity contribution in [2.45, 2.75) is 92.4 Å². The first-order valence-corrected chi connectivity index (χ1v) is 14.0. The molecule has 0 spiro atoms. The third-order valence-electron chi connectivity index (χ3n) is 6.67. The van der Waals surface area contributed by atoms with Gasteiger partial charge in [-0.05, 0) is 75.3 Å². The summed E-state index contributed by atoms with van der Waals surface area (Å²) in [4.78, 5) is 12.6. The van der Waals surface area contributed by atoms with E-state index < -0.39 is 0 Å². The number of nitrogens with zero attached hydrogens (tertiary/aromatic N) is 2. The molecular weight excluding hydrogens is 450 g/mol. The van der Waals surface area contributed by atoms with Gasteiger partial charge in [0.25, 0.3) is 0 Å². The highest BCUT2D eigenvalue weighted by atomic mass is 14.9. The molecule has 0 saturated heterocycles. The summed E-state index contributed by atoms with van der Waals surface area (Å²) in [6.45, 7) is 14.4. The SMILES string of the molecule is C=C\C=C/N=C(C)\C(=C/C)CCCCCCc1ncc(-c2ccc3c(c2)C=CC(C)=CC3)[nH]1.CCCC.[HH].[HH]. The Bertz CT molecular complexity index is 1130. The average Bonchev–Trinajstić information content (AvgIpc) is 3.31. The van der Waals surface area contributed by atoms with Crippen molar-refractivity contribution in [2.75, 3.05) is 0 Å². The Morgan fingerprint density at radius 2 is 1.92 bits per heavy atom. The van der Waals surface area contributed by atoms with Gasteiger partial charge in [0, 0.05) is 26.7 Å². The van der Waals surface area contributed by atoms with E-state index in [2.05, 4.69) is 98.7 Å². The summed E-state index contributed by atoms with van der Waals surface area (Å²) in [6, 6.07) is 6.72. The summed E-state index contributed by atoms with van der Waals surface area (Å²) in [5, 5.41) is 0.